The normalized spacial score (nSPS) is 8.04. The summed E-state index contributed by atoms with van der Waals surface area (Å²) in [6, 6.07) is 32.9. The molecule has 0 unspecified atom stereocenters. The predicted molar refractivity (Wildman–Crippen MR) is 99.0 cm³/mol. The van der Waals surface area contributed by atoms with E-state index in [9.17, 15) is 0 Å². The molecule has 140 valence electrons. The van der Waals surface area contributed by atoms with Crippen LogP contribution in [-0.4, -0.2) is 20.2 Å². The van der Waals surface area contributed by atoms with E-state index in [0.29, 0.717) is 0 Å². The van der Waals surface area contributed by atoms with Crippen LogP contribution in [-0.2, 0) is 0 Å². The maximum absolute atomic E-state index is 2.28. The molecule has 0 atom stereocenters. The second-order valence-electron chi connectivity index (χ2n) is 4.34. The summed E-state index contributed by atoms with van der Waals surface area (Å²) in [5.74, 6) is 0. The Kier molecular flexibility index (Phi) is 19.2. The average Bonchev–Trinajstić information content (AvgIpc) is 2.51. The van der Waals surface area contributed by atoms with Gasteiger partial charge in [-0.3, -0.25) is 28.2 Å². The van der Waals surface area contributed by atoms with Crippen molar-refractivity contribution in [1.29, 1.82) is 0 Å². The summed E-state index contributed by atoms with van der Waals surface area (Å²) in [7, 11) is 0. The summed E-state index contributed by atoms with van der Waals surface area (Å²) < 4.78 is 4.55. The monoisotopic (exact) mass is 472 g/mol. The molecule has 0 nitrogen and oxygen atoms in total. The zero-order valence-corrected chi connectivity index (χ0v) is 15.6. The summed E-state index contributed by atoms with van der Waals surface area (Å²) in [5.41, 5.74) is 0. The van der Waals surface area contributed by atoms with E-state index in [1.54, 1.807) is 0 Å². The molecule has 0 saturated heterocycles. The molecule has 0 heterocycles. The number of halogens is 6. The summed E-state index contributed by atoms with van der Waals surface area (Å²) in [6.45, 7) is 0. The number of hydrogen-bond acceptors (Lipinski definition) is 0. The third-order valence-electron chi connectivity index (χ3n) is 3.04. The average molecular weight is 473 g/mol. The fourth-order valence-corrected chi connectivity index (χ4v) is 8.76. The molecule has 0 spiro atoms. The predicted octanol–water partition coefficient (Wildman–Crippen LogP) is 3.12. The van der Waals surface area contributed by atoms with Crippen molar-refractivity contribution in [2.45, 2.75) is 0 Å². The van der Waals surface area contributed by atoms with Gasteiger partial charge in [-0.2, -0.15) is 0 Å². The summed E-state index contributed by atoms with van der Waals surface area (Å²) in [6.07, 6.45) is 0. The molecular weight excluding hydrogens is 452 g/mol. The van der Waals surface area contributed by atoms with Crippen molar-refractivity contribution in [3.8, 4) is 0 Å². The molecular formula is C18H21F6Sb. The van der Waals surface area contributed by atoms with E-state index in [1.165, 1.54) is 10.5 Å². The van der Waals surface area contributed by atoms with Crippen molar-refractivity contribution < 1.29 is 28.2 Å². The standard InChI is InChI=1S/3C6H5.6FH.Sb/c3*1-2-4-6-5-3-1;;;;;;;/h3*1-5H;6*1H;. The minimum absolute atomic E-state index is 0. The van der Waals surface area contributed by atoms with Crippen LogP contribution >= 0.6 is 0 Å². The van der Waals surface area contributed by atoms with Crippen LogP contribution in [0.2, 0.25) is 0 Å². The van der Waals surface area contributed by atoms with Crippen LogP contribution < -0.4 is 10.5 Å². The van der Waals surface area contributed by atoms with Crippen LogP contribution in [0.4, 0.5) is 28.2 Å². The molecule has 0 radical (unpaired) electrons. The van der Waals surface area contributed by atoms with Gasteiger partial charge in [0, 0.05) is 0 Å². The van der Waals surface area contributed by atoms with Crippen LogP contribution in [0.15, 0.2) is 91.0 Å². The molecule has 3 rings (SSSR count). The molecule has 0 amide bonds. The quantitative estimate of drug-likeness (QED) is 0.406. The van der Waals surface area contributed by atoms with Crippen LogP contribution in [0.25, 0.3) is 0 Å². The second-order valence-corrected chi connectivity index (χ2v) is 10.7. The number of hydrogen-bond donors (Lipinski definition) is 0. The molecule has 0 N–H and O–H groups in total. The first-order valence-corrected chi connectivity index (χ1v) is 10.2. The van der Waals surface area contributed by atoms with Crippen molar-refractivity contribution in [3.63, 3.8) is 0 Å². The van der Waals surface area contributed by atoms with E-state index in [2.05, 4.69) is 91.0 Å². The Hall–Kier alpha value is -1.94. The fourth-order valence-electron chi connectivity index (χ4n) is 2.18. The molecule has 7 heteroatoms. The van der Waals surface area contributed by atoms with E-state index in [4.69, 9.17) is 0 Å². The molecule has 3 aromatic rings. The van der Waals surface area contributed by atoms with Crippen LogP contribution in [0, 0.1) is 0 Å². The van der Waals surface area contributed by atoms with Gasteiger partial charge in [-0.05, 0) is 0 Å². The Balaban J connectivity index is -0.000000367. The first-order chi connectivity index (χ1) is 9.45. The minimum atomic E-state index is -1.83. The molecule has 0 aliphatic heterocycles. The van der Waals surface area contributed by atoms with Gasteiger partial charge in [-0.25, -0.2) is 0 Å². The second kappa shape index (κ2) is 15.6. The summed E-state index contributed by atoms with van der Waals surface area (Å²) in [5, 5.41) is 0. The number of rotatable bonds is 3. The molecule has 25 heavy (non-hydrogen) atoms. The van der Waals surface area contributed by atoms with Crippen molar-refractivity contribution in [1.82, 2.24) is 0 Å². The molecule has 3 aromatic carbocycles. The van der Waals surface area contributed by atoms with Crippen molar-refractivity contribution in [2.24, 2.45) is 0 Å². The van der Waals surface area contributed by atoms with E-state index in [0.717, 1.165) is 0 Å². The first-order valence-electron chi connectivity index (χ1n) is 6.40. The van der Waals surface area contributed by atoms with E-state index >= 15 is 0 Å². The molecule has 0 aliphatic rings. The molecule has 0 aliphatic carbocycles. The maximum atomic E-state index is 2.28. The van der Waals surface area contributed by atoms with Gasteiger partial charge in [0.25, 0.3) is 0 Å². The summed E-state index contributed by atoms with van der Waals surface area (Å²) >= 11 is -1.83. The van der Waals surface area contributed by atoms with Gasteiger partial charge in [0.15, 0.2) is 0 Å². The zero-order valence-electron chi connectivity index (χ0n) is 13.1. The fraction of sp³-hybridized carbons (Fsp3) is 0. The van der Waals surface area contributed by atoms with Crippen LogP contribution in [0.1, 0.15) is 0 Å². The Bertz CT molecular complexity index is 544. The van der Waals surface area contributed by atoms with Crippen molar-refractivity contribution in [3.05, 3.63) is 91.0 Å². The number of benzene rings is 3. The van der Waals surface area contributed by atoms with Gasteiger partial charge < -0.3 is 0 Å². The van der Waals surface area contributed by atoms with E-state index < -0.39 is 20.2 Å². The third-order valence-corrected chi connectivity index (χ3v) is 10.0. The van der Waals surface area contributed by atoms with Crippen LogP contribution in [0.3, 0.4) is 0 Å². The SMILES string of the molecule is F.F.F.F.F.F.c1cc[c]([Sb]([c]2ccccc2)[c]2ccccc2)cc1. The van der Waals surface area contributed by atoms with Crippen molar-refractivity contribution >= 4 is 30.7 Å². The van der Waals surface area contributed by atoms with Gasteiger partial charge in [-0.1, -0.05) is 0 Å². The van der Waals surface area contributed by atoms with E-state index in [1.807, 2.05) is 0 Å². The van der Waals surface area contributed by atoms with Gasteiger partial charge in [0.1, 0.15) is 0 Å². The molecule has 0 fully saturated rings. The zero-order chi connectivity index (χ0) is 12.9. The Morgan fingerprint density at radius 2 is 0.520 bits per heavy atom. The molecule has 0 saturated carbocycles. The summed E-state index contributed by atoms with van der Waals surface area (Å²) in [4.78, 5) is 0. The Morgan fingerprint density at radius 1 is 0.320 bits per heavy atom. The Morgan fingerprint density at radius 3 is 0.720 bits per heavy atom. The van der Waals surface area contributed by atoms with Gasteiger partial charge in [0.2, 0.25) is 0 Å². The Labute approximate surface area is 150 Å². The molecule has 0 aromatic heterocycles. The van der Waals surface area contributed by atoms with E-state index in [-0.39, 0.29) is 28.2 Å². The van der Waals surface area contributed by atoms with Crippen molar-refractivity contribution in [2.75, 3.05) is 0 Å². The van der Waals surface area contributed by atoms with Crippen LogP contribution in [0.5, 0.6) is 0 Å². The molecule has 0 bridgehead atoms. The van der Waals surface area contributed by atoms with Gasteiger partial charge in [0.05, 0.1) is 0 Å². The topological polar surface area (TPSA) is 0 Å². The van der Waals surface area contributed by atoms with Gasteiger partial charge >= 0.3 is 122 Å². The third kappa shape index (κ3) is 7.65. The van der Waals surface area contributed by atoms with Gasteiger partial charge in [-0.15, -0.1) is 0 Å². The first kappa shape index (κ1) is 30.9.